The van der Waals surface area contributed by atoms with Crippen molar-refractivity contribution >= 4 is 5.97 Å². The predicted molar refractivity (Wildman–Crippen MR) is 86.8 cm³/mol. The number of hydrogen-bond donors (Lipinski definition) is 1. The lowest BCUT2D eigenvalue weighted by Gasteiger charge is -1.91. The molecule has 0 radical (unpaired) electrons. The summed E-state index contributed by atoms with van der Waals surface area (Å²) in [5.74, 6) is -0.707. The van der Waals surface area contributed by atoms with Gasteiger partial charge < -0.3 is 5.11 Å². The van der Waals surface area contributed by atoms with Crippen molar-refractivity contribution in [1.82, 2.24) is 0 Å². The third-order valence-electron chi connectivity index (χ3n) is 2.81. The summed E-state index contributed by atoms with van der Waals surface area (Å²) in [6.45, 7) is 2.22. The molecule has 2 nitrogen and oxygen atoms in total. The zero-order valence-electron chi connectivity index (χ0n) is 12.6. The van der Waals surface area contributed by atoms with Crippen molar-refractivity contribution in [2.45, 2.75) is 58.3 Å². The van der Waals surface area contributed by atoms with Crippen molar-refractivity contribution in [3.05, 3.63) is 48.6 Å². The Morgan fingerprint density at radius 3 is 1.80 bits per heavy atom. The van der Waals surface area contributed by atoms with E-state index < -0.39 is 5.97 Å². The minimum absolute atomic E-state index is 0.275. The highest BCUT2D eigenvalue weighted by atomic mass is 16.4. The summed E-state index contributed by atoms with van der Waals surface area (Å²) >= 11 is 0. The van der Waals surface area contributed by atoms with Gasteiger partial charge >= 0.3 is 5.97 Å². The van der Waals surface area contributed by atoms with E-state index in [1.165, 1.54) is 19.3 Å². The molecular weight excluding hydrogens is 248 g/mol. The van der Waals surface area contributed by atoms with Gasteiger partial charge in [-0.25, -0.2) is 0 Å². The van der Waals surface area contributed by atoms with E-state index in [-0.39, 0.29) is 6.42 Å². The Kier molecular flexibility index (Phi) is 14.3. The van der Waals surface area contributed by atoms with Crippen LogP contribution in [0.2, 0.25) is 0 Å². The van der Waals surface area contributed by atoms with Crippen molar-refractivity contribution in [2.24, 2.45) is 0 Å². The molecule has 0 amide bonds. The zero-order valence-corrected chi connectivity index (χ0v) is 12.6. The largest absolute Gasteiger partial charge is 0.481 e. The van der Waals surface area contributed by atoms with E-state index in [2.05, 4.69) is 25.2 Å². The number of aliphatic carboxylic acids is 1. The second kappa shape index (κ2) is 15.5. The SMILES string of the molecule is CCCCC/C=C/C=C/C=C/C=C/CCCCC(=O)O. The quantitative estimate of drug-likeness (QED) is 0.381. The van der Waals surface area contributed by atoms with Crippen LogP contribution in [0.4, 0.5) is 0 Å². The van der Waals surface area contributed by atoms with Gasteiger partial charge in [-0.2, -0.15) is 0 Å². The molecule has 1 N–H and O–H groups in total. The summed E-state index contributed by atoms with van der Waals surface area (Å²) < 4.78 is 0. The minimum Gasteiger partial charge on any atom is -0.481 e. The topological polar surface area (TPSA) is 37.3 Å². The van der Waals surface area contributed by atoms with Gasteiger partial charge in [0.2, 0.25) is 0 Å². The van der Waals surface area contributed by atoms with Crippen LogP contribution in [0, 0.1) is 0 Å². The highest BCUT2D eigenvalue weighted by molar-refractivity contribution is 5.66. The van der Waals surface area contributed by atoms with Crippen molar-refractivity contribution in [1.29, 1.82) is 0 Å². The Bertz CT molecular complexity index is 335. The number of carboxylic acid groups (broad SMARTS) is 1. The Labute approximate surface area is 123 Å². The molecule has 0 aromatic carbocycles. The molecular formula is C18H28O2. The number of carbonyl (C=O) groups is 1. The number of allylic oxidation sites excluding steroid dienone is 8. The smallest absolute Gasteiger partial charge is 0.303 e. The first-order chi connectivity index (χ1) is 9.77. The molecule has 0 spiro atoms. The van der Waals surface area contributed by atoms with Crippen LogP contribution in [0.15, 0.2) is 48.6 Å². The van der Waals surface area contributed by atoms with Crippen LogP contribution in [0.3, 0.4) is 0 Å². The second-order valence-electron chi connectivity index (χ2n) is 4.76. The lowest BCUT2D eigenvalue weighted by Crippen LogP contribution is -1.92. The molecule has 0 aromatic heterocycles. The number of rotatable bonds is 12. The fourth-order valence-electron chi connectivity index (χ4n) is 1.66. The van der Waals surface area contributed by atoms with Crippen LogP contribution in [0.1, 0.15) is 58.3 Å². The van der Waals surface area contributed by atoms with Crippen molar-refractivity contribution in [2.75, 3.05) is 0 Å². The van der Waals surface area contributed by atoms with Crippen LogP contribution in [0.5, 0.6) is 0 Å². The van der Waals surface area contributed by atoms with Crippen molar-refractivity contribution in [3.63, 3.8) is 0 Å². The Hall–Kier alpha value is -1.57. The summed E-state index contributed by atoms with van der Waals surface area (Å²) in [5, 5.41) is 8.48. The van der Waals surface area contributed by atoms with Crippen LogP contribution >= 0.6 is 0 Å². The summed E-state index contributed by atoms with van der Waals surface area (Å²) in [4.78, 5) is 10.3. The first-order valence-electron chi connectivity index (χ1n) is 7.64. The van der Waals surface area contributed by atoms with Gasteiger partial charge in [0, 0.05) is 6.42 Å². The Morgan fingerprint density at radius 2 is 1.30 bits per heavy atom. The Balaban J connectivity index is 3.47. The highest BCUT2D eigenvalue weighted by Crippen LogP contribution is 2.01. The van der Waals surface area contributed by atoms with Gasteiger partial charge in [0.05, 0.1) is 0 Å². The maximum absolute atomic E-state index is 10.3. The van der Waals surface area contributed by atoms with Crippen molar-refractivity contribution in [3.8, 4) is 0 Å². The fraction of sp³-hybridized carbons (Fsp3) is 0.500. The van der Waals surface area contributed by atoms with E-state index in [0.29, 0.717) is 0 Å². The molecule has 2 heteroatoms. The van der Waals surface area contributed by atoms with Gasteiger partial charge in [-0.05, 0) is 32.1 Å². The average Bonchev–Trinajstić information content (AvgIpc) is 2.43. The molecule has 0 unspecified atom stereocenters. The molecule has 0 rings (SSSR count). The lowest BCUT2D eigenvalue weighted by atomic mass is 10.2. The van der Waals surface area contributed by atoms with Crippen LogP contribution in [-0.4, -0.2) is 11.1 Å². The van der Waals surface area contributed by atoms with E-state index in [4.69, 9.17) is 5.11 Å². The highest BCUT2D eigenvalue weighted by Gasteiger charge is 1.93. The molecule has 0 bridgehead atoms. The maximum atomic E-state index is 10.3. The molecule has 0 atom stereocenters. The van der Waals surface area contributed by atoms with E-state index in [1.54, 1.807) is 0 Å². The third kappa shape index (κ3) is 16.4. The van der Waals surface area contributed by atoms with Crippen LogP contribution in [0.25, 0.3) is 0 Å². The molecule has 112 valence electrons. The standard InChI is InChI=1S/C18H28O2/c1-2-3-4-5-6-7-8-9-10-11-12-13-14-15-16-17-18(19)20/h6-13H,2-5,14-17H2,1H3,(H,19,20)/b7-6+,9-8+,11-10+,13-12+. The van der Waals surface area contributed by atoms with Gasteiger partial charge in [0.15, 0.2) is 0 Å². The molecule has 0 aliphatic rings. The molecule has 0 aliphatic carbocycles. The lowest BCUT2D eigenvalue weighted by molar-refractivity contribution is -0.137. The third-order valence-corrected chi connectivity index (χ3v) is 2.81. The van der Waals surface area contributed by atoms with E-state index >= 15 is 0 Å². The summed E-state index contributed by atoms with van der Waals surface area (Å²) in [6, 6.07) is 0. The fourth-order valence-corrected chi connectivity index (χ4v) is 1.66. The molecule has 0 heterocycles. The van der Waals surface area contributed by atoms with Crippen LogP contribution < -0.4 is 0 Å². The molecule has 0 saturated heterocycles. The summed E-state index contributed by atoms with van der Waals surface area (Å²) in [6.07, 6.45) is 24.4. The Morgan fingerprint density at radius 1 is 0.800 bits per heavy atom. The minimum atomic E-state index is -0.707. The molecule has 20 heavy (non-hydrogen) atoms. The molecule has 0 aromatic rings. The molecule has 0 aliphatic heterocycles. The van der Waals surface area contributed by atoms with Gasteiger partial charge in [-0.15, -0.1) is 0 Å². The predicted octanol–water partition coefficient (Wildman–Crippen LogP) is 5.44. The van der Waals surface area contributed by atoms with E-state index in [1.807, 2.05) is 30.4 Å². The normalized spacial score (nSPS) is 12.4. The van der Waals surface area contributed by atoms with Gasteiger partial charge in [0.25, 0.3) is 0 Å². The zero-order chi connectivity index (χ0) is 14.9. The maximum Gasteiger partial charge on any atom is 0.303 e. The summed E-state index contributed by atoms with van der Waals surface area (Å²) in [7, 11) is 0. The van der Waals surface area contributed by atoms with E-state index in [0.717, 1.165) is 25.7 Å². The number of unbranched alkanes of at least 4 members (excludes halogenated alkanes) is 5. The number of hydrogen-bond acceptors (Lipinski definition) is 1. The van der Waals surface area contributed by atoms with Gasteiger partial charge in [-0.3, -0.25) is 4.79 Å². The monoisotopic (exact) mass is 276 g/mol. The van der Waals surface area contributed by atoms with Gasteiger partial charge in [0.1, 0.15) is 0 Å². The average molecular weight is 276 g/mol. The molecule has 0 fully saturated rings. The van der Waals surface area contributed by atoms with Crippen molar-refractivity contribution < 1.29 is 9.90 Å². The first kappa shape index (κ1) is 18.4. The second-order valence-corrected chi connectivity index (χ2v) is 4.76. The number of carboxylic acids is 1. The van der Waals surface area contributed by atoms with Gasteiger partial charge in [-0.1, -0.05) is 68.4 Å². The van der Waals surface area contributed by atoms with Crippen LogP contribution in [-0.2, 0) is 4.79 Å². The van der Waals surface area contributed by atoms with E-state index in [9.17, 15) is 4.79 Å². The molecule has 0 saturated carbocycles. The first-order valence-corrected chi connectivity index (χ1v) is 7.64. The summed E-state index contributed by atoms with van der Waals surface area (Å²) in [5.41, 5.74) is 0.